The molecule has 1 aromatic carbocycles. The molecule has 1 fully saturated rings. The molecule has 3 rings (SSSR count). The van der Waals surface area contributed by atoms with E-state index in [1.54, 1.807) is 23.1 Å². The summed E-state index contributed by atoms with van der Waals surface area (Å²) in [5, 5.41) is 4.03. The fraction of sp³-hybridized carbons (Fsp3) is 0.412. The molecule has 0 saturated carbocycles. The van der Waals surface area contributed by atoms with Crippen LogP contribution in [-0.4, -0.2) is 64.8 Å². The largest absolute Gasteiger partial charge is 0.465 e. The maximum Gasteiger partial charge on any atom is 0.337 e. The Labute approximate surface area is 146 Å². The van der Waals surface area contributed by atoms with Crippen molar-refractivity contribution < 1.29 is 14.3 Å². The fourth-order valence-electron chi connectivity index (χ4n) is 2.91. The standard InChI is InChI=1S/C17H21N5O3/c1-13(22-12-18-11-19-22)16(23)21-9-7-20(8-10-21)15-5-3-14(4-6-15)17(24)25-2/h3-6,11-13H,7-10H2,1-2H3. The zero-order chi connectivity index (χ0) is 17.8. The highest BCUT2D eigenvalue weighted by atomic mass is 16.5. The van der Waals surface area contributed by atoms with E-state index in [4.69, 9.17) is 4.74 Å². The van der Waals surface area contributed by atoms with Crippen LogP contribution in [0.5, 0.6) is 0 Å². The van der Waals surface area contributed by atoms with Crippen molar-refractivity contribution >= 4 is 17.6 Å². The minimum absolute atomic E-state index is 0.0474. The Morgan fingerprint density at radius 2 is 1.80 bits per heavy atom. The second-order valence-electron chi connectivity index (χ2n) is 5.90. The van der Waals surface area contributed by atoms with Crippen LogP contribution in [0.3, 0.4) is 0 Å². The average molecular weight is 343 g/mol. The number of aromatic nitrogens is 3. The highest BCUT2D eigenvalue weighted by Gasteiger charge is 2.26. The summed E-state index contributed by atoms with van der Waals surface area (Å²) in [4.78, 5) is 32.0. The Morgan fingerprint density at radius 1 is 1.12 bits per heavy atom. The number of rotatable bonds is 4. The molecule has 1 atom stereocenters. The van der Waals surface area contributed by atoms with Gasteiger partial charge in [-0.15, -0.1) is 0 Å². The van der Waals surface area contributed by atoms with Crippen LogP contribution in [0, 0.1) is 0 Å². The molecule has 8 heteroatoms. The molecule has 1 aliphatic heterocycles. The summed E-state index contributed by atoms with van der Waals surface area (Å²) in [6, 6.07) is 6.97. The molecule has 1 unspecified atom stereocenters. The van der Waals surface area contributed by atoms with Gasteiger partial charge in [-0.1, -0.05) is 0 Å². The molecule has 1 aliphatic rings. The van der Waals surface area contributed by atoms with E-state index < -0.39 is 0 Å². The van der Waals surface area contributed by atoms with E-state index in [0.29, 0.717) is 18.7 Å². The Hall–Kier alpha value is -2.90. The molecule has 0 spiro atoms. The number of piperazine rings is 1. The van der Waals surface area contributed by atoms with Crippen molar-refractivity contribution in [3.63, 3.8) is 0 Å². The van der Waals surface area contributed by atoms with Crippen LogP contribution in [0.2, 0.25) is 0 Å². The molecule has 0 N–H and O–H groups in total. The van der Waals surface area contributed by atoms with Crippen LogP contribution in [0.1, 0.15) is 23.3 Å². The minimum Gasteiger partial charge on any atom is -0.465 e. The van der Waals surface area contributed by atoms with Crippen LogP contribution in [0.15, 0.2) is 36.9 Å². The van der Waals surface area contributed by atoms with E-state index in [2.05, 4.69) is 15.0 Å². The quantitative estimate of drug-likeness (QED) is 0.770. The Kier molecular flexibility index (Phi) is 4.97. The van der Waals surface area contributed by atoms with Gasteiger partial charge in [-0.05, 0) is 31.2 Å². The topological polar surface area (TPSA) is 80.6 Å². The summed E-state index contributed by atoms with van der Waals surface area (Å²) in [5.41, 5.74) is 1.56. The highest BCUT2D eigenvalue weighted by molar-refractivity contribution is 5.89. The van der Waals surface area contributed by atoms with Crippen LogP contribution >= 0.6 is 0 Å². The normalized spacial score (nSPS) is 15.8. The number of carbonyl (C=O) groups excluding carboxylic acids is 2. The lowest BCUT2D eigenvalue weighted by atomic mass is 10.1. The molecule has 25 heavy (non-hydrogen) atoms. The van der Waals surface area contributed by atoms with Crippen molar-refractivity contribution in [2.75, 3.05) is 38.2 Å². The van der Waals surface area contributed by atoms with Crippen molar-refractivity contribution in [1.29, 1.82) is 0 Å². The molecule has 1 saturated heterocycles. The second kappa shape index (κ2) is 7.33. The Morgan fingerprint density at radius 3 is 2.36 bits per heavy atom. The number of methoxy groups -OCH3 is 1. The SMILES string of the molecule is COC(=O)c1ccc(N2CCN(C(=O)C(C)n3cncn3)CC2)cc1. The van der Waals surface area contributed by atoms with Gasteiger partial charge in [-0.3, -0.25) is 4.79 Å². The first-order chi connectivity index (χ1) is 12.1. The third kappa shape index (κ3) is 3.62. The number of esters is 1. The summed E-state index contributed by atoms with van der Waals surface area (Å²) in [5.74, 6) is -0.296. The van der Waals surface area contributed by atoms with E-state index in [1.807, 2.05) is 24.0 Å². The summed E-state index contributed by atoms with van der Waals surface area (Å²) >= 11 is 0. The fourth-order valence-corrected chi connectivity index (χ4v) is 2.91. The third-order valence-electron chi connectivity index (χ3n) is 4.44. The van der Waals surface area contributed by atoms with Gasteiger partial charge < -0.3 is 14.5 Å². The van der Waals surface area contributed by atoms with E-state index >= 15 is 0 Å². The van der Waals surface area contributed by atoms with Gasteiger partial charge in [0.25, 0.3) is 0 Å². The Balaban J connectivity index is 1.58. The number of nitrogens with zero attached hydrogens (tertiary/aromatic N) is 5. The highest BCUT2D eigenvalue weighted by Crippen LogP contribution is 2.19. The molecule has 2 aromatic rings. The van der Waals surface area contributed by atoms with Gasteiger partial charge in [-0.2, -0.15) is 5.10 Å². The summed E-state index contributed by atoms with van der Waals surface area (Å²) in [6.07, 6.45) is 2.99. The molecule has 2 heterocycles. The maximum atomic E-state index is 12.6. The first kappa shape index (κ1) is 16.9. The zero-order valence-electron chi connectivity index (χ0n) is 14.3. The molecular weight excluding hydrogens is 322 g/mol. The van der Waals surface area contributed by atoms with Gasteiger partial charge in [-0.25, -0.2) is 14.5 Å². The van der Waals surface area contributed by atoms with Crippen molar-refractivity contribution in [2.24, 2.45) is 0 Å². The smallest absolute Gasteiger partial charge is 0.337 e. The van der Waals surface area contributed by atoms with Crippen LogP contribution in [0.4, 0.5) is 5.69 Å². The van der Waals surface area contributed by atoms with Crippen LogP contribution in [0.25, 0.3) is 0 Å². The lowest BCUT2D eigenvalue weighted by Crippen LogP contribution is -2.50. The number of hydrogen-bond acceptors (Lipinski definition) is 6. The molecule has 0 aliphatic carbocycles. The van der Waals surface area contributed by atoms with Gasteiger partial charge in [0.15, 0.2) is 0 Å². The number of carbonyl (C=O) groups is 2. The van der Waals surface area contributed by atoms with Crippen LogP contribution < -0.4 is 4.90 Å². The number of ether oxygens (including phenoxy) is 1. The minimum atomic E-state index is -0.353. The first-order valence-corrected chi connectivity index (χ1v) is 8.16. The predicted molar refractivity (Wildman–Crippen MR) is 91.3 cm³/mol. The molecular formula is C17H21N5O3. The molecule has 0 bridgehead atoms. The zero-order valence-corrected chi connectivity index (χ0v) is 14.3. The average Bonchev–Trinajstić information content (AvgIpc) is 3.21. The molecule has 132 valence electrons. The summed E-state index contributed by atoms with van der Waals surface area (Å²) < 4.78 is 6.28. The van der Waals surface area contributed by atoms with E-state index in [9.17, 15) is 9.59 Å². The molecule has 0 radical (unpaired) electrons. The van der Waals surface area contributed by atoms with Crippen molar-refractivity contribution in [2.45, 2.75) is 13.0 Å². The molecule has 8 nitrogen and oxygen atoms in total. The predicted octanol–water partition coefficient (Wildman–Crippen LogP) is 0.974. The third-order valence-corrected chi connectivity index (χ3v) is 4.44. The Bertz CT molecular complexity index is 721. The summed E-state index contributed by atoms with van der Waals surface area (Å²) in [6.45, 7) is 4.61. The summed E-state index contributed by atoms with van der Waals surface area (Å²) in [7, 11) is 1.37. The second-order valence-corrected chi connectivity index (χ2v) is 5.90. The molecule has 1 aromatic heterocycles. The van der Waals surface area contributed by atoms with Crippen LogP contribution in [-0.2, 0) is 9.53 Å². The van der Waals surface area contributed by atoms with Crippen molar-refractivity contribution in [3.8, 4) is 0 Å². The number of hydrogen-bond donors (Lipinski definition) is 0. The number of anilines is 1. The lowest BCUT2D eigenvalue weighted by Gasteiger charge is -2.37. The maximum absolute atomic E-state index is 12.6. The number of benzene rings is 1. The van der Waals surface area contributed by atoms with Gasteiger partial charge in [0.1, 0.15) is 18.7 Å². The van der Waals surface area contributed by atoms with Gasteiger partial charge in [0.05, 0.1) is 12.7 Å². The van der Waals surface area contributed by atoms with Crippen molar-refractivity contribution in [1.82, 2.24) is 19.7 Å². The van der Waals surface area contributed by atoms with E-state index in [1.165, 1.54) is 13.4 Å². The monoisotopic (exact) mass is 343 g/mol. The van der Waals surface area contributed by atoms with E-state index in [0.717, 1.165) is 18.8 Å². The van der Waals surface area contributed by atoms with E-state index in [-0.39, 0.29) is 17.9 Å². The van der Waals surface area contributed by atoms with Gasteiger partial charge in [0, 0.05) is 31.9 Å². The molecule has 1 amide bonds. The lowest BCUT2D eigenvalue weighted by molar-refractivity contribution is -0.134. The van der Waals surface area contributed by atoms with Crippen molar-refractivity contribution in [3.05, 3.63) is 42.5 Å². The number of amides is 1. The van der Waals surface area contributed by atoms with Gasteiger partial charge in [0.2, 0.25) is 5.91 Å². The first-order valence-electron chi connectivity index (χ1n) is 8.16. The van der Waals surface area contributed by atoms with Gasteiger partial charge >= 0.3 is 5.97 Å².